The molecule has 0 aromatic heterocycles. The molecule has 1 atom stereocenters. The first-order chi connectivity index (χ1) is 14.3. The van der Waals surface area contributed by atoms with Gasteiger partial charge >= 0.3 is 30.1 Å². The second-order valence-electron chi connectivity index (χ2n) is 6.18. The molecule has 1 unspecified atom stereocenters. The van der Waals surface area contributed by atoms with Gasteiger partial charge in [0.2, 0.25) is 0 Å². The molecule has 0 saturated carbocycles. The molecule has 1 nitrogen and oxygen atoms in total. The quantitative estimate of drug-likeness (QED) is 0.267. The lowest BCUT2D eigenvalue weighted by Crippen LogP contribution is -2.60. The van der Waals surface area contributed by atoms with Gasteiger partial charge in [0, 0.05) is 9.13 Å². The topological polar surface area (TPSA) is 23.8 Å². The Morgan fingerprint density at radius 2 is 1.25 bits per heavy atom. The monoisotopic (exact) mass is 590 g/mol. The summed E-state index contributed by atoms with van der Waals surface area (Å²) in [5.74, 6) is -7.32. The van der Waals surface area contributed by atoms with Crippen molar-refractivity contribution in [3.8, 4) is 17.2 Å². The molecule has 0 fully saturated rings. The van der Waals surface area contributed by atoms with Gasteiger partial charge in [0.1, 0.15) is 0 Å². The van der Waals surface area contributed by atoms with Crippen LogP contribution in [0.3, 0.4) is 0 Å². The Morgan fingerprint density at radius 1 is 0.750 bits per heavy atom. The van der Waals surface area contributed by atoms with E-state index in [4.69, 9.17) is 5.26 Å². The van der Waals surface area contributed by atoms with Gasteiger partial charge in [-0.2, -0.15) is 53.6 Å². The maximum absolute atomic E-state index is 15.2. The summed E-state index contributed by atoms with van der Waals surface area (Å²) in [5, 5.41) is 8.73. The van der Waals surface area contributed by atoms with Crippen molar-refractivity contribution in [2.24, 2.45) is 0 Å². The van der Waals surface area contributed by atoms with E-state index in [0.29, 0.717) is 34.7 Å². The van der Waals surface area contributed by atoms with Gasteiger partial charge in [-0.1, -0.05) is 12.1 Å². The van der Waals surface area contributed by atoms with Gasteiger partial charge in [-0.15, -0.1) is 0 Å². The minimum Gasteiger partial charge on any atom is -0.221 e. The zero-order valence-corrected chi connectivity index (χ0v) is 16.9. The Hall–Kier alpha value is -2.18. The van der Waals surface area contributed by atoms with Gasteiger partial charge in [0.15, 0.2) is 0 Å². The predicted molar refractivity (Wildman–Crippen MR) is 93.0 cm³/mol. The number of benzene rings is 2. The van der Waals surface area contributed by atoms with Crippen molar-refractivity contribution in [3.05, 3.63) is 56.7 Å². The zero-order chi connectivity index (χ0) is 24.9. The number of nitrogens with zero attached hydrogens (tertiary/aromatic N) is 1. The Bertz CT molecular complexity index is 1040. The summed E-state index contributed by atoms with van der Waals surface area (Å²) >= 11 is 0.697. The van der Waals surface area contributed by atoms with E-state index in [1.165, 1.54) is 0 Å². The van der Waals surface area contributed by atoms with E-state index < -0.39 is 55.9 Å². The first kappa shape index (κ1) is 26.1. The molecule has 0 aliphatic rings. The molecule has 2 aromatic carbocycles. The molecule has 32 heavy (non-hydrogen) atoms. The molecule has 0 bridgehead atoms. The minimum absolute atomic E-state index is 0.177. The van der Waals surface area contributed by atoms with Crippen LogP contribution < -0.4 is 0 Å². The van der Waals surface area contributed by atoms with E-state index in [2.05, 4.69) is 0 Å². The summed E-state index contributed by atoms with van der Waals surface area (Å²) in [5.41, 5.74) is -15.0. The van der Waals surface area contributed by atoms with Crippen LogP contribution in [0.4, 0.5) is 52.7 Å². The Morgan fingerprint density at radius 3 is 1.62 bits per heavy atom. The van der Waals surface area contributed by atoms with Crippen LogP contribution in [-0.4, -0.2) is 18.3 Å². The highest BCUT2D eigenvalue weighted by Gasteiger charge is 2.83. The molecule has 2 aromatic rings. The molecule has 0 aliphatic heterocycles. The maximum Gasteiger partial charge on any atom is 0.457 e. The predicted octanol–water partition coefficient (Wildman–Crippen LogP) is 7.57. The van der Waals surface area contributed by atoms with Gasteiger partial charge in [-0.05, 0) is 58.0 Å². The molecular formula is C18H5F12IN. The van der Waals surface area contributed by atoms with Crippen LogP contribution in [0.1, 0.15) is 16.7 Å². The molecule has 0 amide bonds. The van der Waals surface area contributed by atoms with Crippen molar-refractivity contribution in [2.45, 2.75) is 30.1 Å². The fourth-order valence-electron chi connectivity index (χ4n) is 2.77. The number of hydrogen-bond donors (Lipinski definition) is 0. The lowest BCUT2D eigenvalue weighted by molar-refractivity contribution is -0.389. The van der Waals surface area contributed by atoms with Crippen molar-refractivity contribution in [3.63, 3.8) is 0 Å². The minimum atomic E-state index is -7.32. The second kappa shape index (κ2) is 7.99. The zero-order valence-electron chi connectivity index (χ0n) is 14.7. The van der Waals surface area contributed by atoms with Crippen LogP contribution in [-0.2, 0) is 11.8 Å². The van der Waals surface area contributed by atoms with Gasteiger partial charge in [0.05, 0.1) is 17.2 Å². The Balaban J connectivity index is 3.16. The van der Waals surface area contributed by atoms with Gasteiger partial charge in [0.25, 0.3) is 0 Å². The lowest BCUT2D eigenvalue weighted by Gasteiger charge is -2.38. The fraction of sp³-hybridized carbons (Fsp3) is 0.278. The maximum atomic E-state index is 15.2. The molecule has 0 heterocycles. The largest absolute Gasteiger partial charge is 0.457 e. The molecule has 0 saturated heterocycles. The van der Waals surface area contributed by atoms with Crippen LogP contribution in [0.5, 0.6) is 0 Å². The molecule has 0 aliphatic carbocycles. The van der Waals surface area contributed by atoms with E-state index in [-0.39, 0.29) is 11.6 Å². The normalized spacial score (nSPS) is 15.2. The van der Waals surface area contributed by atoms with Crippen LogP contribution in [0, 0.1) is 21.0 Å². The third-order valence-electron chi connectivity index (χ3n) is 4.21. The first-order valence-corrected chi connectivity index (χ1v) is 8.91. The Kier molecular flexibility index (Phi) is 6.51. The number of rotatable bonds is 3. The Labute approximate surface area is 184 Å². The third-order valence-corrected chi connectivity index (χ3v) is 5.07. The van der Waals surface area contributed by atoms with E-state index in [0.717, 1.165) is 12.1 Å². The molecule has 1 radical (unpaired) electrons. The molecule has 14 heteroatoms. The van der Waals surface area contributed by atoms with Gasteiger partial charge < -0.3 is 0 Å². The highest BCUT2D eigenvalue weighted by atomic mass is 127. The van der Waals surface area contributed by atoms with E-state index in [9.17, 15) is 48.3 Å². The van der Waals surface area contributed by atoms with Crippen molar-refractivity contribution in [2.75, 3.05) is 0 Å². The average molecular weight is 590 g/mol. The number of hydrogen-bond acceptors (Lipinski definition) is 1. The number of halogens is 13. The summed E-state index contributed by atoms with van der Waals surface area (Å²) in [4.78, 5) is 0. The van der Waals surface area contributed by atoms with Crippen molar-refractivity contribution in [1.29, 1.82) is 5.26 Å². The summed E-state index contributed by atoms with van der Waals surface area (Å²) in [6.07, 6.45) is -20.3. The van der Waals surface area contributed by atoms with Crippen LogP contribution in [0.25, 0.3) is 11.1 Å². The first-order valence-electron chi connectivity index (χ1n) is 7.83. The van der Waals surface area contributed by atoms with Crippen molar-refractivity contribution < 1.29 is 52.7 Å². The molecular weight excluding hydrogens is 585 g/mol. The molecule has 173 valence electrons. The summed E-state index contributed by atoms with van der Waals surface area (Å²) in [7, 11) is 0. The van der Waals surface area contributed by atoms with Gasteiger partial charge in [-0.25, -0.2) is 4.39 Å². The van der Waals surface area contributed by atoms with Crippen LogP contribution in [0.2, 0.25) is 0 Å². The van der Waals surface area contributed by atoms with E-state index >= 15 is 4.39 Å². The SMILES string of the molecule is N#Cc1ccc(-c2c[c]c(I)c(C(F)(F)F)c2C(F)(C(F)(F)F)C(F)(F)C(F)(F)F)cc1. The average Bonchev–Trinajstić information content (AvgIpc) is 2.64. The van der Waals surface area contributed by atoms with E-state index in [1.54, 1.807) is 12.1 Å². The fourth-order valence-corrected chi connectivity index (χ4v) is 3.50. The van der Waals surface area contributed by atoms with Crippen molar-refractivity contribution >= 4 is 22.6 Å². The highest BCUT2D eigenvalue weighted by Crippen LogP contribution is 2.61. The standard InChI is InChI=1S/C18H5F12IN/c19-14(17(25,26)27,16(23,24)18(28,29)30)12-10(9-3-1-8(7-32)2-4-9)5-6-11(31)13(12)15(20,21)22/h1-5H. The number of alkyl halides is 12. The molecule has 2 rings (SSSR count). The lowest BCUT2D eigenvalue weighted by atomic mass is 9.79. The van der Waals surface area contributed by atoms with Gasteiger partial charge in [-0.3, -0.25) is 0 Å². The van der Waals surface area contributed by atoms with E-state index in [1.807, 2.05) is 0 Å². The molecule has 0 spiro atoms. The van der Waals surface area contributed by atoms with Crippen molar-refractivity contribution in [1.82, 2.24) is 0 Å². The smallest absolute Gasteiger partial charge is 0.221 e. The molecule has 0 N–H and O–H groups in total. The third kappa shape index (κ3) is 4.11. The highest BCUT2D eigenvalue weighted by molar-refractivity contribution is 14.1. The van der Waals surface area contributed by atoms with Crippen LogP contribution in [0.15, 0.2) is 30.3 Å². The number of nitriles is 1. The second-order valence-corrected chi connectivity index (χ2v) is 7.26. The summed E-state index contributed by atoms with van der Waals surface area (Å²) < 4.78 is 162. The summed E-state index contributed by atoms with van der Waals surface area (Å²) in [6.45, 7) is 0. The van der Waals surface area contributed by atoms with Crippen LogP contribution >= 0.6 is 22.6 Å². The summed E-state index contributed by atoms with van der Waals surface area (Å²) in [6, 6.07) is 6.59.